The van der Waals surface area contributed by atoms with Crippen LogP contribution in [-0.4, -0.2) is 48.9 Å². The quantitative estimate of drug-likeness (QED) is 0.267. The molecule has 6 unspecified atom stereocenters. The van der Waals surface area contributed by atoms with Crippen molar-refractivity contribution in [1.82, 2.24) is 0 Å². The minimum atomic E-state index is -0.676. The average molecular weight is 366 g/mol. The maximum atomic E-state index is 12.2. The Bertz CT molecular complexity index is 599. The Balaban J connectivity index is 1.58. The zero-order valence-electron chi connectivity index (χ0n) is 15.3. The van der Waals surface area contributed by atoms with Gasteiger partial charge in [-0.3, -0.25) is 4.79 Å². The van der Waals surface area contributed by atoms with Gasteiger partial charge in [-0.1, -0.05) is 39.2 Å². The Morgan fingerprint density at radius 1 is 1.15 bits per heavy atom. The monoisotopic (exact) mass is 366 g/mol. The standard InChI is InChI=1S/C19H26O7/c1-4-5-6-7-8-11-13-15-17(26-19(13)22)16(14(11)25-15)24-12(20)9-23-18(21)10(2)3/h11,13-17H,2,4-9H2,1,3H3. The van der Waals surface area contributed by atoms with Gasteiger partial charge in [-0.25, -0.2) is 9.59 Å². The predicted molar refractivity (Wildman–Crippen MR) is 89.9 cm³/mol. The maximum absolute atomic E-state index is 12.2. The molecular formula is C19H26O7. The third kappa shape index (κ3) is 3.49. The molecule has 6 atom stereocenters. The van der Waals surface area contributed by atoms with Crippen LogP contribution in [0, 0.1) is 11.8 Å². The molecule has 0 aromatic rings. The van der Waals surface area contributed by atoms with Gasteiger partial charge in [0.2, 0.25) is 0 Å². The molecule has 0 aliphatic carbocycles. The van der Waals surface area contributed by atoms with Crippen molar-refractivity contribution in [3.05, 3.63) is 12.2 Å². The molecule has 2 bridgehead atoms. The first kappa shape index (κ1) is 18.9. The van der Waals surface area contributed by atoms with E-state index in [0.29, 0.717) is 0 Å². The zero-order valence-corrected chi connectivity index (χ0v) is 15.3. The second kappa shape index (κ2) is 7.78. The number of hydrogen-bond acceptors (Lipinski definition) is 7. The van der Waals surface area contributed by atoms with E-state index in [2.05, 4.69) is 13.5 Å². The zero-order chi connectivity index (χ0) is 18.8. The molecule has 0 spiro atoms. The number of rotatable bonds is 9. The summed E-state index contributed by atoms with van der Waals surface area (Å²) in [7, 11) is 0. The average Bonchev–Trinajstić information content (AvgIpc) is 3.20. The van der Waals surface area contributed by atoms with Crippen molar-refractivity contribution in [2.24, 2.45) is 11.8 Å². The summed E-state index contributed by atoms with van der Waals surface area (Å²) < 4.78 is 21.6. The Hall–Kier alpha value is -1.89. The Kier molecular flexibility index (Phi) is 5.65. The lowest BCUT2D eigenvalue weighted by atomic mass is 9.76. The van der Waals surface area contributed by atoms with E-state index in [1.165, 1.54) is 6.92 Å². The summed E-state index contributed by atoms with van der Waals surface area (Å²) in [5, 5.41) is 0. The summed E-state index contributed by atoms with van der Waals surface area (Å²) in [4.78, 5) is 35.6. The highest BCUT2D eigenvalue weighted by molar-refractivity contribution is 5.88. The summed E-state index contributed by atoms with van der Waals surface area (Å²) in [5.74, 6) is -1.81. The first-order chi connectivity index (χ1) is 12.4. The van der Waals surface area contributed by atoms with Crippen molar-refractivity contribution in [2.75, 3.05) is 6.61 Å². The van der Waals surface area contributed by atoms with Crippen molar-refractivity contribution >= 4 is 17.9 Å². The fraction of sp³-hybridized carbons (Fsp3) is 0.737. The number of carbonyl (C=O) groups excluding carboxylic acids is 3. The van der Waals surface area contributed by atoms with Gasteiger partial charge in [0.05, 0.1) is 5.92 Å². The Labute approximate surface area is 153 Å². The molecular weight excluding hydrogens is 340 g/mol. The summed E-state index contributed by atoms with van der Waals surface area (Å²) in [5.41, 5.74) is 0.209. The molecule has 0 aromatic carbocycles. The maximum Gasteiger partial charge on any atom is 0.344 e. The Morgan fingerprint density at radius 3 is 2.62 bits per heavy atom. The number of esters is 3. The van der Waals surface area contributed by atoms with E-state index in [4.69, 9.17) is 18.9 Å². The summed E-state index contributed by atoms with van der Waals surface area (Å²) in [6.07, 6.45) is 3.43. The normalized spacial score (nSPS) is 33.8. The topological polar surface area (TPSA) is 88.1 Å². The molecule has 0 aromatic heterocycles. The molecule has 0 amide bonds. The van der Waals surface area contributed by atoms with Gasteiger partial charge in [0, 0.05) is 11.5 Å². The lowest BCUT2D eigenvalue weighted by molar-refractivity contribution is -0.168. The first-order valence-corrected chi connectivity index (χ1v) is 9.32. The van der Waals surface area contributed by atoms with Crippen LogP contribution in [0.4, 0.5) is 0 Å². The third-order valence-electron chi connectivity index (χ3n) is 5.38. The van der Waals surface area contributed by atoms with Crippen LogP contribution in [0.1, 0.15) is 46.0 Å². The van der Waals surface area contributed by atoms with Crippen molar-refractivity contribution in [2.45, 2.75) is 70.4 Å². The molecule has 26 heavy (non-hydrogen) atoms. The van der Waals surface area contributed by atoms with Gasteiger partial charge in [-0.2, -0.15) is 0 Å². The first-order valence-electron chi connectivity index (χ1n) is 9.32. The summed E-state index contributed by atoms with van der Waals surface area (Å²) >= 11 is 0. The van der Waals surface area contributed by atoms with Gasteiger partial charge >= 0.3 is 17.9 Å². The number of ether oxygens (including phenoxy) is 4. The fourth-order valence-electron chi connectivity index (χ4n) is 4.17. The van der Waals surface area contributed by atoms with E-state index in [1.54, 1.807) is 0 Å². The molecule has 0 radical (unpaired) electrons. The predicted octanol–water partition coefficient (Wildman–Crippen LogP) is 1.93. The van der Waals surface area contributed by atoms with E-state index in [9.17, 15) is 14.4 Å². The second-order valence-corrected chi connectivity index (χ2v) is 7.32. The highest BCUT2D eigenvalue weighted by Gasteiger charge is 2.69. The van der Waals surface area contributed by atoms with Crippen LogP contribution in [0.3, 0.4) is 0 Å². The lowest BCUT2D eigenvalue weighted by Crippen LogP contribution is -2.45. The minimum absolute atomic E-state index is 0.0128. The SMILES string of the molecule is C=C(C)C(=O)OCC(=O)OC1C2OC3C1OC(=O)C3C2CCCCCC. The molecule has 7 heteroatoms. The van der Waals surface area contributed by atoms with Crippen molar-refractivity contribution < 1.29 is 33.3 Å². The smallest absolute Gasteiger partial charge is 0.344 e. The van der Waals surface area contributed by atoms with Crippen LogP contribution in [0.5, 0.6) is 0 Å². The van der Waals surface area contributed by atoms with Crippen molar-refractivity contribution in [3.63, 3.8) is 0 Å². The molecule has 0 N–H and O–H groups in total. The number of carbonyl (C=O) groups is 3. The molecule has 0 saturated carbocycles. The van der Waals surface area contributed by atoms with Crippen LogP contribution < -0.4 is 0 Å². The van der Waals surface area contributed by atoms with Gasteiger partial charge in [-0.05, 0) is 13.3 Å². The molecule has 3 rings (SSSR count). The van der Waals surface area contributed by atoms with Crippen molar-refractivity contribution in [3.8, 4) is 0 Å². The van der Waals surface area contributed by atoms with E-state index in [-0.39, 0.29) is 35.6 Å². The molecule has 3 aliphatic rings. The molecule has 7 nitrogen and oxygen atoms in total. The second-order valence-electron chi connectivity index (χ2n) is 7.32. The highest BCUT2D eigenvalue weighted by Crippen LogP contribution is 2.52. The van der Waals surface area contributed by atoms with Crippen LogP contribution in [0.2, 0.25) is 0 Å². The van der Waals surface area contributed by atoms with Crippen LogP contribution in [0.15, 0.2) is 12.2 Å². The van der Waals surface area contributed by atoms with E-state index in [1.807, 2.05) is 0 Å². The van der Waals surface area contributed by atoms with E-state index in [0.717, 1.165) is 32.1 Å². The largest absolute Gasteiger partial charge is 0.455 e. The molecule has 3 saturated heterocycles. The molecule has 3 fully saturated rings. The van der Waals surface area contributed by atoms with Gasteiger partial charge in [-0.15, -0.1) is 0 Å². The van der Waals surface area contributed by atoms with Crippen LogP contribution >= 0.6 is 0 Å². The number of hydrogen-bond donors (Lipinski definition) is 0. The fourth-order valence-corrected chi connectivity index (χ4v) is 4.17. The minimum Gasteiger partial charge on any atom is -0.455 e. The van der Waals surface area contributed by atoms with E-state index < -0.39 is 30.8 Å². The highest BCUT2D eigenvalue weighted by atomic mass is 16.7. The van der Waals surface area contributed by atoms with E-state index >= 15 is 0 Å². The van der Waals surface area contributed by atoms with Gasteiger partial charge in [0.1, 0.15) is 12.2 Å². The van der Waals surface area contributed by atoms with Crippen molar-refractivity contribution in [1.29, 1.82) is 0 Å². The molecule has 144 valence electrons. The Morgan fingerprint density at radius 2 is 1.92 bits per heavy atom. The molecule has 3 aliphatic heterocycles. The number of fused-ring (bicyclic) bond motifs is 1. The van der Waals surface area contributed by atoms with Crippen LogP contribution in [0.25, 0.3) is 0 Å². The van der Waals surface area contributed by atoms with Gasteiger partial charge in [0.25, 0.3) is 0 Å². The van der Waals surface area contributed by atoms with Crippen LogP contribution in [-0.2, 0) is 33.3 Å². The van der Waals surface area contributed by atoms with Gasteiger partial charge in [0.15, 0.2) is 18.8 Å². The summed E-state index contributed by atoms with van der Waals surface area (Å²) in [6.45, 7) is 6.61. The summed E-state index contributed by atoms with van der Waals surface area (Å²) in [6, 6.07) is 0. The molecule has 3 heterocycles. The van der Waals surface area contributed by atoms with Gasteiger partial charge < -0.3 is 18.9 Å². The third-order valence-corrected chi connectivity index (χ3v) is 5.38. The lowest BCUT2D eigenvalue weighted by Gasteiger charge is -2.28. The number of unbranched alkanes of at least 4 members (excludes halogenated alkanes) is 3.